The quantitative estimate of drug-likeness (QED) is 0.275. The van der Waals surface area contributed by atoms with Gasteiger partial charge < -0.3 is 15.0 Å². The number of fused-ring (bicyclic) bond motifs is 4. The number of halogens is 3. The molecule has 3 heterocycles. The molecule has 3 aromatic rings. The Balaban J connectivity index is 1.52. The number of nitrogens with one attached hydrogen (secondary N) is 1. The molecule has 7 nitrogen and oxygen atoms in total. The lowest BCUT2D eigenvalue weighted by Gasteiger charge is -2.34. The molecule has 10 heteroatoms. The highest BCUT2D eigenvalue weighted by molar-refractivity contribution is 6.31. The highest BCUT2D eigenvalue weighted by Gasteiger charge is 2.32. The van der Waals surface area contributed by atoms with Gasteiger partial charge >= 0.3 is 5.97 Å². The van der Waals surface area contributed by atoms with E-state index in [1.54, 1.807) is 23.2 Å². The van der Waals surface area contributed by atoms with Gasteiger partial charge in [0.05, 0.1) is 42.3 Å². The minimum atomic E-state index is -0.884. The van der Waals surface area contributed by atoms with Crippen molar-refractivity contribution in [3.05, 3.63) is 88.2 Å². The van der Waals surface area contributed by atoms with Crippen molar-refractivity contribution in [3.8, 4) is 11.1 Å². The van der Waals surface area contributed by atoms with Gasteiger partial charge in [-0.15, -0.1) is 0 Å². The summed E-state index contributed by atoms with van der Waals surface area (Å²) in [6.07, 6.45) is 4.95. The highest BCUT2D eigenvalue weighted by atomic mass is 35.5. The van der Waals surface area contributed by atoms with Crippen molar-refractivity contribution in [2.75, 3.05) is 19.0 Å². The molecule has 2 aliphatic heterocycles. The Morgan fingerprint density at radius 3 is 2.71 bits per heavy atom. The normalized spacial score (nSPS) is 19.2. The summed E-state index contributed by atoms with van der Waals surface area (Å²) >= 11 is 5.89. The number of amides is 2. The Bertz CT molecular complexity index is 1590. The van der Waals surface area contributed by atoms with Crippen LogP contribution in [-0.4, -0.2) is 41.3 Å². The summed E-state index contributed by atoms with van der Waals surface area (Å²) in [4.78, 5) is 44.8. The van der Waals surface area contributed by atoms with Crippen molar-refractivity contribution in [2.45, 2.75) is 45.1 Å². The molecule has 1 aromatic heterocycles. The molecule has 0 fully saturated rings. The van der Waals surface area contributed by atoms with Crippen LogP contribution in [0.3, 0.4) is 0 Å². The molecule has 2 aromatic carbocycles. The average Bonchev–Trinajstić information content (AvgIpc) is 2.97. The monoisotopic (exact) mass is 593 g/mol. The number of nitrogens with zero attached hydrogens (tertiary/aromatic N) is 2. The van der Waals surface area contributed by atoms with Gasteiger partial charge in [-0.3, -0.25) is 19.4 Å². The summed E-state index contributed by atoms with van der Waals surface area (Å²) in [5, 5.41) is 2.82. The largest absolute Gasteiger partial charge is 0.469 e. The van der Waals surface area contributed by atoms with Crippen LogP contribution in [0.5, 0.6) is 0 Å². The summed E-state index contributed by atoms with van der Waals surface area (Å²) in [5.74, 6) is -2.79. The third-order valence-corrected chi connectivity index (χ3v) is 8.14. The topological polar surface area (TPSA) is 88.6 Å². The molecule has 0 saturated heterocycles. The van der Waals surface area contributed by atoms with Crippen LogP contribution in [0.4, 0.5) is 14.5 Å². The van der Waals surface area contributed by atoms with Crippen LogP contribution < -0.4 is 5.32 Å². The van der Waals surface area contributed by atoms with Gasteiger partial charge in [0.15, 0.2) is 5.82 Å². The molecule has 218 valence electrons. The van der Waals surface area contributed by atoms with Crippen LogP contribution >= 0.6 is 11.6 Å². The maximum atomic E-state index is 14.7. The number of pyridine rings is 1. The van der Waals surface area contributed by atoms with E-state index in [9.17, 15) is 23.2 Å². The Morgan fingerprint density at radius 1 is 1.14 bits per heavy atom. The maximum absolute atomic E-state index is 14.7. The van der Waals surface area contributed by atoms with Gasteiger partial charge in [-0.1, -0.05) is 43.2 Å². The molecule has 0 saturated carbocycles. The van der Waals surface area contributed by atoms with Crippen molar-refractivity contribution in [1.82, 2.24) is 9.88 Å². The maximum Gasteiger partial charge on any atom is 0.309 e. The Labute approximate surface area is 247 Å². The minimum Gasteiger partial charge on any atom is -0.469 e. The molecular formula is C32H30ClF2N3O4. The van der Waals surface area contributed by atoms with Gasteiger partial charge in [0, 0.05) is 29.9 Å². The number of hydrogen-bond acceptors (Lipinski definition) is 5. The minimum absolute atomic E-state index is 0.0639. The molecular weight excluding hydrogens is 564 g/mol. The van der Waals surface area contributed by atoms with Gasteiger partial charge in [-0.05, 0) is 59.9 Å². The van der Waals surface area contributed by atoms with Crippen molar-refractivity contribution in [3.63, 3.8) is 0 Å². The summed E-state index contributed by atoms with van der Waals surface area (Å²) in [7, 11) is 1.33. The van der Waals surface area contributed by atoms with Crippen LogP contribution in [-0.2, 0) is 25.5 Å². The number of benzene rings is 2. The lowest BCUT2D eigenvalue weighted by atomic mass is 9.92. The summed E-state index contributed by atoms with van der Waals surface area (Å²) < 4.78 is 34.1. The number of aromatic nitrogens is 1. The zero-order chi connectivity index (χ0) is 30.0. The number of hydrogen-bond donors (Lipinski definition) is 1. The van der Waals surface area contributed by atoms with Gasteiger partial charge in [0.2, 0.25) is 11.8 Å². The van der Waals surface area contributed by atoms with Gasteiger partial charge in [0.1, 0.15) is 5.82 Å². The lowest BCUT2D eigenvalue weighted by molar-refractivity contribution is -0.139. The first kappa shape index (κ1) is 29.4. The fourth-order valence-corrected chi connectivity index (χ4v) is 5.68. The molecule has 2 atom stereocenters. The number of carbonyl (C=O) groups excluding carboxylic acids is 3. The Hall–Kier alpha value is -4.11. The number of ether oxygens (including phenoxy) is 1. The zero-order valence-electron chi connectivity index (χ0n) is 23.3. The number of carbonyl (C=O) groups is 3. The van der Waals surface area contributed by atoms with E-state index >= 15 is 0 Å². The molecule has 0 aliphatic carbocycles. The molecule has 0 spiro atoms. The summed E-state index contributed by atoms with van der Waals surface area (Å²) in [5.41, 5.74) is 3.43. The highest BCUT2D eigenvalue weighted by Crippen LogP contribution is 2.37. The SMILES string of the molecule is COC(=O)Cc1ccc2c(c1)NC(=O)[C@H](C)CCC[C@H](N1CC=C(c3c(F)ccc(Cl)c3F)CC1=O)c1cc-2ccn1. The fourth-order valence-electron chi connectivity index (χ4n) is 5.52. The molecule has 0 unspecified atom stereocenters. The standard InChI is InChI=1S/C32H30ClF2N3O4/c1-18-4-3-5-27(38-13-11-21(17-28(38)39)30-24(34)9-8-23(33)31(30)35)26-16-20(10-12-36-26)22-7-6-19(15-29(40)42-2)14-25(22)37-32(18)41/h6-12,14,16,18,27H,3-5,13,15,17H2,1-2H3,(H,37,41)/t18-,27+/m1/s1. The van der Waals surface area contributed by atoms with Gasteiger partial charge in [-0.25, -0.2) is 8.78 Å². The Kier molecular flexibility index (Phi) is 8.68. The number of rotatable bonds is 4. The molecule has 42 heavy (non-hydrogen) atoms. The molecule has 1 N–H and O–H groups in total. The second-order valence-electron chi connectivity index (χ2n) is 10.6. The Morgan fingerprint density at radius 2 is 1.95 bits per heavy atom. The summed E-state index contributed by atoms with van der Waals surface area (Å²) in [6, 6.07) is 11.0. The predicted molar refractivity (Wildman–Crippen MR) is 155 cm³/mol. The first-order valence-electron chi connectivity index (χ1n) is 13.8. The second-order valence-corrected chi connectivity index (χ2v) is 11.0. The van der Waals surface area contributed by atoms with Crippen molar-refractivity contribution < 1.29 is 27.9 Å². The summed E-state index contributed by atoms with van der Waals surface area (Å²) in [6.45, 7) is 1.99. The molecule has 2 bridgehead atoms. The third-order valence-electron chi connectivity index (χ3n) is 7.85. The van der Waals surface area contributed by atoms with E-state index in [1.165, 1.54) is 7.11 Å². The van der Waals surface area contributed by atoms with E-state index in [-0.39, 0.29) is 59.2 Å². The van der Waals surface area contributed by atoms with E-state index in [4.69, 9.17) is 16.3 Å². The van der Waals surface area contributed by atoms with E-state index in [2.05, 4.69) is 10.3 Å². The first-order chi connectivity index (χ1) is 20.2. The molecule has 2 amide bonds. The van der Waals surface area contributed by atoms with Gasteiger partial charge in [0.25, 0.3) is 0 Å². The number of anilines is 1. The van der Waals surface area contributed by atoms with Crippen LogP contribution in [0.15, 0.2) is 54.7 Å². The van der Waals surface area contributed by atoms with Gasteiger partial charge in [-0.2, -0.15) is 0 Å². The number of esters is 1. The molecule has 0 radical (unpaired) electrons. The second kappa shape index (κ2) is 12.4. The van der Waals surface area contributed by atoms with Crippen LogP contribution in [0, 0.1) is 17.6 Å². The lowest BCUT2D eigenvalue weighted by Crippen LogP contribution is -2.38. The van der Waals surface area contributed by atoms with E-state index < -0.39 is 17.7 Å². The molecule has 5 rings (SSSR count). The van der Waals surface area contributed by atoms with Crippen LogP contribution in [0.1, 0.15) is 55.5 Å². The smallest absolute Gasteiger partial charge is 0.309 e. The van der Waals surface area contributed by atoms with Crippen molar-refractivity contribution in [1.29, 1.82) is 0 Å². The average molecular weight is 594 g/mol. The zero-order valence-corrected chi connectivity index (χ0v) is 24.0. The van der Waals surface area contributed by atoms with Crippen LogP contribution in [0.25, 0.3) is 16.7 Å². The molecule has 2 aliphatic rings. The van der Waals surface area contributed by atoms with Crippen molar-refractivity contribution >= 4 is 40.6 Å². The van der Waals surface area contributed by atoms with Crippen LogP contribution in [0.2, 0.25) is 5.02 Å². The van der Waals surface area contributed by atoms with E-state index in [0.717, 1.165) is 23.3 Å². The van der Waals surface area contributed by atoms with E-state index in [0.29, 0.717) is 36.2 Å². The predicted octanol–water partition coefficient (Wildman–Crippen LogP) is 6.51. The van der Waals surface area contributed by atoms with Crippen molar-refractivity contribution in [2.24, 2.45) is 5.92 Å². The fraction of sp³-hybridized carbons (Fsp3) is 0.312. The third kappa shape index (κ3) is 6.06. The van der Waals surface area contributed by atoms with E-state index in [1.807, 2.05) is 31.2 Å². The first-order valence-corrected chi connectivity index (χ1v) is 14.1. The number of methoxy groups -OCH3 is 1.